The van der Waals surface area contributed by atoms with Gasteiger partial charge < -0.3 is 14.4 Å². The fraction of sp³-hybridized carbons (Fsp3) is 0.740. The van der Waals surface area contributed by atoms with Crippen molar-refractivity contribution in [2.24, 2.45) is 0 Å². The molecule has 0 aromatic carbocycles. The highest BCUT2D eigenvalue weighted by atomic mass is 16.8. The zero-order valence-electron chi connectivity index (χ0n) is 35.6. The number of allylic oxidation sites excluding steroid dienone is 8. The molecule has 1 aromatic rings. The maximum Gasteiger partial charge on any atom is 0.169 e. The van der Waals surface area contributed by atoms with Gasteiger partial charge in [0.15, 0.2) is 5.79 Å². The Kier molecular flexibility index (Phi) is 26.7. The summed E-state index contributed by atoms with van der Waals surface area (Å²) in [6.07, 6.45) is 59.5. The third kappa shape index (κ3) is 21.3. The molecule has 0 bridgehead atoms. The van der Waals surface area contributed by atoms with Crippen LogP contribution in [0.25, 0.3) is 0 Å². The van der Waals surface area contributed by atoms with Crippen LogP contribution in [0.2, 0.25) is 0 Å². The topological polar surface area (TPSA) is 34.6 Å². The van der Waals surface area contributed by atoms with E-state index < -0.39 is 0 Å². The van der Waals surface area contributed by atoms with Gasteiger partial charge in [-0.3, -0.25) is 4.98 Å². The van der Waals surface area contributed by atoms with Crippen molar-refractivity contribution >= 4 is 0 Å². The summed E-state index contributed by atoms with van der Waals surface area (Å²) >= 11 is 0. The molecule has 2 fully saturated rings. The zero-order valence-corrected chi connectivity index (χ0v) is 35.6. The zero-order chi connectivity index (χ0) is 38.2. The SMILES string of the molecule is CCCCC/C=C\C/C=C\CCCCCCCCC1(CCCCCCCC/C=C\C/C=C\CCCCC)O[C@H]2C[C@H](N(C)CCc3ccncc3)C[C@H]2O1. The first-order valence-electron chi connectivity index (χ1n) is 23.2. The first-order chi connectivity index (χ1) is 26.7. The number of pyridine rings is 1. The van der Waals surface area contributed by atoms with E-state index in [0.717, 1.165) is 51.5 Å². The Labute approximate surface area is 334 Å². The van der Waals surface area contributed by atoms with Gasteiger partial charge in [0.1, 0.15) is 0 Å². The predicted molar refractivity (Wildman–Crippen MR) is 234 cm³/mol. The van der Waals surface area contributed by atoms with E-state index in [9.17, 15) is 0 Å². The molecule has 4 nitrogen and oxygen atoms in total. The van der Waals surface area contributed by atoms with Gasteiger partial charge in [0.2, 0.25) is 0 Å². The molecule has 2 heterocycles. The van der Waals surface area contributed by atoms with E-state index in [0.29, 0.717) is 6.04 Å². The van der Waals surface area contributed by atoms with Crippen LogP contribution in [-0.4, -0.2) is 47.5 Å². The molecule has 4 heteroatoms. The van der Waals surface area contributed by atoms with Crippen LogP contribution in [0.1, 0.15) is 199 Å². The fourth-order valence-electron chi connectivity index (χ4n) is 8.29. The maximum absolute atomic E-state index is 6.98. The van der Waals surface area contributed by atoms with Crippen LogP contribution in [0, 0.1) is 0 Å². The van der Waals surface area contributed by atoms with Crippen LogP contribution in [0.15, 0.2) is 73.1 Å². The van der Waals surface area contributed by atoms with E-state index in [-0.39, 0.29) is 18.0 Å². The van der Waals surface area contributed by atoms with Crippen LogP contribution in [0.5, 0.6) is 0 Å². The van der Waals surface area contributed by atoms with Crippen molar-refractivity contribution in [3.8, 4) is 0 Å². The summed E-state index contributed by atoms with van der Waals surface area (Å²) in [5.41, 5.74) is 1.36. The third-order valence-corrected chi connectivity index (χ3v) is 11.8. The molecule has 3 atom stereocenters. The van der Waals surface area contributed by atoms with Gasteiger partial charge in [0.25, 0.3) is 0 Å². The van der Waals surface area contributed by atoms with Gasteiger partial charge in [-0.1, -0.05) is 140 Å². The van der Waals surface area contributed by atoms with E-state index in [4.69, 9.17) is 9.47 Å². The highest BCUT2D eigenvalue weighted by Crippen LogP contribution is 2.44. The summed E-state index contributed by atoms with van der Waals surface area (Å²) in [5.74, 6) is -0.347. The number of ether oxygens (including phenoxy) is 2. The average molecular weight is 745 g/mol. The van der Waals surface area contributed by atoms with Crippen molar-refractivity contribution in [3.63, 3.8) is 0 Å². The van der Waals surface area contributed by atoms with Crippen LogP contribution >= 0.6 is 0 Å². The van der Waals surface area contributed by atoms with Gasteiger partial charge in [0, 0.05) is 37.8 Å². The molecule has 1 saturated heterocycles. The first-order valence-corrected chi connectivity index (χ1v) is 23.2. The number of rotatable bonds is 34. The van der Waals surface area contributed by atoms with Gasteiger partial charge in [-0.05, 0) is 121 Å². The smallest absolute Gasteiger partial charge is 0.169 e. The van der Waals surface area contributed by atoms with Gasteiger partial charge in [0.05, 0.1) is 12.2 Å². The summed E-state index contributed by atoms with van der Waals surface area (Å²) < 4.78 is 14.0. The highest BCUT2D eigenvalue weighted by Gasteiger charge is 2.51. The lowest BCUT2D eigenvalue weighted by molar-refractivity contribution is -0.193. The monoisotopic (exact) mass is 745 g/mol. The van der Waals surface area contributed by atoms with Gasteiger partial charge in [-0.15, -0.1) is 0 Å². The third-order valence-electron chi connectivity index (χ3n) is 11.8. The predicted octanol–water partition coefficient (Wildman–Crippen LogP) is 14.6. The Morgan fingerprint density at radius 2 is 0.981 bits per heavy atom. The molecule has 306 valence electrons. The number of fused-ring (bicyclic) bond motifs is 1. The summed E-state index contributed by atoms with van der Waals surface area (Å²) in [4.78, 5) is 6.72. The van der Waals surface area contributed by atoms with Crippen molar-refractivity contribution in [2.45, 2.75) is 224 Å². The Morgan fingerprint density at radius 3 is 1.43 bits per heavy atom. The van der Waals surface area contributed by atoms with Crippen molar-refractivity contribution in [2.75, 3.05) is 13.6 Å². The maximum atomic E-state index is 6.98. The summed E-state index contributed by atoms with van der Waals surface area (Å²) in [6.45, 7) is 5.61. The lowest BCUT2D eigenvalue weighted by Crippen LogP contribution is -2.36. The van der Waals surface area contributed by atoms with Crippen LogP contribution < -0.4 is 0 Å². The highest BCUT2D eigenvalue weighted by molar-refractivity contribution is 5.10. The molecular weight excluding hydrogens is 661 g/mol. The van der Waals surface area contributed by atoms with Crippen LogP contribution in [0.3, 0.4) is 0 Å². The molecule has 0 unspecified atom stereocenters. The molecule has 0 amide bonds. The number of hydrogen-bond donors (Lipinski definition) is 0. The molecule has 1 saturated carbocycles. The van der Waals surface area contributed by atoms with E-state index >= 15 is 0 Å². The van der Waals surface area contributed by atoms with Gasteiger partial charge >= 0.3 is 0 Å². The molecule has 3 rings (SSSR count). The molecule has 0 radical (unpaired) electrons. The Hall–Kier alpha value is -2.01. The lowest BCUT2D eigenvalue weighted by atomic mass is 9.98. The largest absolute Gasteiger partial charge is 0.344 e. The summed E-state index contributed by atoms with van der Waals surface area (Å²) in [7, 11) is 2.29. The van der Waals surface area contributed by atoms with E-state index in [1.807, 2.05) is 12.4 Å². The second-order valence-corrected chi connectivity index (χ2v) is 16.6. The van der Waals surface area contributed by atoms with E-state index in [2.05, 4.69) is 91.5 Å². The fourth-order valence-corrected chi connectivity index (χ4v) is 8.29. The minimum absolute atomic E-state index is 0.257. The molecule has 54 heavy (non-hydrogen) atoms. The van der Waals surface area contributed by atoms with E-state index in [1.54, 1.807) is 0 Å². The number of unbranched alkanes of at least 4 members (excludes halogenated alkanes) is 18. The molecule has 1 aromatic heterocycles. The quantitative estimate of drug-likeness (QED) is 0.0520. The number of aromatic nitrogens is 1. The molecule has 0 spiro atoms. The molecule has 1 aliphatic heterocycles. The minimum atomic E-state index is -0.347. The number of hydrogen-bond acceptors (Lipinski definition) is 4. The first kappa shape index (κ1) is 46.4. The molecule has 2 aliphatic rings. The summed E-state index contributed by atoms with van der Waals surface area (Å²) in [5, 5.41) is 0. The Morgan fingerprint density at radius 1 is 0.574 bits per heavy atom. The van der Waals surface area contributed by atoms with Gasteiger partial charge in [-0.2, -0.15) is 0 Å². The normalized spacial score (nSPS) is 19.9. The lowest BCUT2D eigenvalue weighted by Gasteiger charge is -2.32. The molecule has 1 aliphatic carbocycles. The van der Waals surface area contributed by atoms with Crippen molar-refractivity contribution in [1.29, 1.82) is 0 Å². The summed E-state index contributed by atoms with van der Waals surface area (Å²) in [6, 6.07) is 4.82. The van der Waals surface area contributed by atoms with Crippen molar-refractivity contribution in [3.05, 3.63) is 78.7 Å². The molecular formula is C50H84N2O2. The number of nitrogens with zero attached hydrogens (tertiary/aromatic N) is 2. The number of likely N-dealkylation sites (N-methyl/N-ethyl adjacent to an activating group) is 1. The second-order valence-electron chi connectivity index (χ2n) is 16.6. The minimum Gasteiger partial charge on any atom is -0.344 e. The van der Waals surface area contributed by atoms with E-state index in [1.165, 1.54) is 147 Å². The van der Waals surface area contributed by atoms with Crippen LogP contribution in [0.4, 0.5) is 0 Å². The standard InChI is InChI=1S/C50H84N2O2/c1-4-6-8-10-12-14-16-18-20-22-24-26-28-30-32-34-39-50(40-35-33-31-29-27-25-23-21-19-17-15-13-11-9-7-5-2)53-48-44-47(45-49(48)54-50)52(3)43-38-46-36-41-51-42-37-46/h12-15,18-21,36-37,41-42,47-49H,4-11,16-17,22-35,38-40,43-45H2,1-3H3/b14-12-,15-13-,20-18-,21-19-/t47-,48-,49+. The Balaban J connectivity index is 1.31. The second kappa shape index (κ2) is 31.1. The Bertz CT molecular complexity index is 1060. The van der Waals surface area contributed by atoms with Crippen molar-refractivity contribution < 1.29 is 9.47 Å². The molecule has 0 N–H and O–H groups in total. The average Bonchev–Trinajstić information content (AvgIpc) is 3.74. The van der Waals surface area contributed by atoms with Crippen LogP contribution in [-0.2, 0) is 15.9 Å². The van der Waals surface area contributed by atoms with Gasteiger partial charge in [-0.25, -0.2) is 0 Å². The van der Waals surface area contributed by atoms with Crippen molar-refractivity contribution in [1.82, 2.24) is 9.88 Å².